The third-order valence-corrected chi connectivity index (χ3v) is 6.35. The van der Waals surface area contributed by atoms with E-state index in [1.165, 1.54) is 0 Å². The molecule has 1 aliphatic rings. The van der Waals surface area contributed by atoms with E-state index in [-0.39, 0.29) is 24.7 Å². The van der Waals surface area contributed by atoms with Gasteiger partial charge in [0.15, 0.2) is 0 Å². The highest BCUT2D eigenvalue weighted by Gasteiger charge is 2.31. The summed E-state index contributed by atoms with van der Waals surface area (Å²) in [6.45, 7) is 7.06. The van der Waals surface area contributed by atoms with Gasteiger partial charge in [0.25, 0.3) is 5.91 Å². The second-order valence-corrected chi connectivity index (χ2v) is 8.84. The van der Waals surface area contributed by atoms with Gasteiger partial charge in [-0.25, -0.2) is 0 Å². The Morgan fingerprint density at radius 2 is 1.74 bits per heavy atom. The molecule has 0 radical (unpaired) electrons. The minimum Gasteiger partial charge on any atom is -0.488 e. The molecule has 2 heterocycles. The molecule has 34 heavy (non-hydrogen) atoms. The molecule has 1 aliphatic heterocycles. The predicted molar refractivity (Wildman–Crippen MR) is 130 cm³/mol. The first-order valence-corrected chi connectivity index (χ1v) is 11.6. The Hall–Kier alpha value is -3.64. The fourth-order valence-electron chi connectivity index (χ4n) is 4.50. The number of hydrogen-bond donors (Lipinski definition) is 0. The average Bonchev–Trinajstić information content (AvgIpc) is 3.18. The van der Waals surface area contributed by atoms with Crippen molar-refractivity contribution in [2.24, 2.45) is 0 Å². The zero-order valence-corrected chi connectivity index (χ0v) is 19.7. The van der Waals surface area contributed by atoms with Crippen LogP contribution in [0.3, 0.4) is 0 Å². The van der Waals surface area contributed by atoms with Gasteiger partial charge in [0, 0.05) is 6.54 Å². The SMILES string of the molecule is Cc1noc(C)c1COc1cc2ccccc2cc1C(=O)N1CC(C)OC(c2ccccc2)C1. The third kappa shape index (κ3) is 4.41. The monoisotopic (exact) mass is 456 g/mol. The standard InChI is InChI=1S/C28H28N2O4/c1-18-15-30(16-27(33-18)21-9-5-4-6-10-21)28(31)24-13-22-11-7-8-12-23(22)14-26(24)32-17-25-19(2)29-34-20(25)3/h4-14,18,27H,15-17H2,1-3H3. The largest absolute Gasteiger partial charge is 0.488 e. The lowest BCUT2D eigenvalue weighted by molar-refractivity contribution is -0.0692. The van der Waals surface area contributed by atoms with Crippen LogP contribution in [0, 0.1) is 13.8 Å². The van der Waals surface area contributed by atoms with Gasteiger partial charge in [0.05, 0.1) is 29.5 Å². The van der Waals surface area contributed by atoms with Crippen molar-refractivity contribution in [2.45, 2.75) is 39.6 Å². The number of amides is 1. The first-order chi connectivity index (χ1) is 16.5. The molecule has 0 N–H and O–H groups in total. The highest BCUT2D eigenvalue weighted by Crippen LogP contribution is 2.31. The first-order valence-electron chi connectivity index (χ1n) is 11.6. The topological polar surface area (TPSA) is 64.8 Å². The van der Waals surface area contributed by atoms with Crippen molar-refractivity contribution in [3.05, 3.63) is 94.9 Å². The number of aryl methyl sites for hydroxylation is 2. The molecular weight excluding hydrogens is 428 g/mol. The fourth-order valence-corrected chi connectivity index (χ4v) is 4.50. The van der Waals surface area contributed by atoms with E-state index in [4.69, 9.17) is 14.0 Å². The van der Waals surface area contributed by atoms with Crippen LogP contribution in [0.15, 0.2) is 71.3 Å². The number of fused-ring (bicyclic) bond motifs is 1. The Labute approximate surface area is 199 Å². The summed E-state index contributed by atoms with van der Waals surface area (Å²) in [5.41, 5.74) is 3.31. The van der Waals surface area contributed by atoms with E-state index in [0.717, 1.165) is 33.4 Å². The molecule has 0 bridgehead atoms. The zero-order chi connectivity index (χ0) is 23.7. The second-order valence-electron chi connectivity index (χ2n) is 8.84. The molecule has 0 spiro atoms. The molecular formula is C28H28N2O4. The summed E-state index contributed by atoms with van der Waals surface area (Å²) in [4.78, 5) is 15.7. The van der Waals surface area contributed by atoms with Crippen LogP contribution in [0.25, 0.3) is 10.8 Å². The maximum absolute atomic E-state index is 13.8. The summed E-state index contributed by atoms with van der Waals surface area (Å²) < 4.78 is 17.7. The van der Waals surface area contributed by atoms with E-state index in [1.807, 2.05) is 92.4 Å². The number of nitrogens with zero attached hydrogens (tertiary/aromatic N) is 2. The van der Waals surface area contributed by atoms with Gasteiger partial charge in [-0.15, -0.1) is 0 Å². The summed E-state index contributed by atoms with van der Waals surface area (Å²) in [5.74, 6) is 1.22. The molecule has 3 aromatic carbocycles. The molecule has 174 valence electrons. The van der Waals surface area contributed by atoms with Crippen molar-refractivity contribution in [1.82, 2.24) is 10.1 Å². The fraction of sp³-hybridized carbons (Fsp3) is 0.286. The lowest BCUT2D eigenvalue weighted by atomic mass is 10.0. The van der Waals surface area contributed by atoms with E-state index < -0.39 is 0 Å². The van der Waals surface area contributed by atoms with Crippen LogP contribution in [0.2, 0.25) is 0 Å². The molecule has 1 fully saturated rings. The molecule has 5 rings (SSSR count). The molecule has 4 aromatic rings. The Bertz CT molecular complexity index is 1300. The Balaban J connectivity index is 1.47. The van der Waals surface area contributed by atoms with Crippen molar-refractivity contribution in [2.75, 3.05) is 13.1 Å². The smallest absolute Gasteiger partial charge is 0.257 e. The molecule has 2 atom stereocenters. The zero-order valence-electron chi connectivity index (χ0n) is 19.7. The van der Waals surface area contributed by atoms with Crippen LogP contribution in [0.5, 0.6) is 5.75 Å². The summed E-state index contributed by atoms with van der Waals surface area (Å²) in [6.07, 6.45) is -0.240. The highest BCUT2D eigenvalue weighted by molar-refractivity contribution is 6.01. The Kier molecular flexibility index (Phi) is 6.07. The number of benzene rings is 3. The van der Waals surface area contributed by atoms with E-state index >= 15 is 0 Å². The van der Waals surface area contributed by atoms with E-state index in [0.29, 0.717) is 24.4 Å². The number of morpholine rings is 1. The maximum Gasteiger partial charge on any atom is 0.257 e. The van der Waals surface area contributed by atoms with Crippen LogP contribution in [-0.2, 0) is 11.3 Å². The van der Waals surface area contributed by atoms with Crippen LogP contribution in [0.4, 0.5) is 0 Å². The predicted octanol–water partition coefficient (Wildman–Crippen LogP) is 5.63. The summed E-state index contributed by atoms with van der Waals surface area (Å²) >= 11 is 0. The van der Waals surface area contributed by atoms with Gasteiger partial charge in [-0.2, -0.15) is 0 Å². The number of aromatic nitrogens is 1. The first kappa shape index (κ1) is 22.2. The minimum absolute atomic E-state index is 0.0596. The molecule has 6 nitrogen and oxygen atoms in total. The summed E-state index contributed by atoms with van der Waals surface area (Å²) in [7, 11) is 0. The molecule has 0 saturated carbocycles. The average molecular weight is 457 g/mol. The van der Waals surface area contributed by atoms with Crippen molar-refractivity contribution >= 4 is 16.7 Å². The number of carbonyl (C=O) groups is 1. The summed E-state index contributed by atoms with van der Waals surface area (Å²) in [6, 6.07) is 21.9. The van der Waals surface area contributed by atoms with Gasteiger partial charge in [-0.05, 0) is 49.2 Å². The number of rotatable bonds is 5. The molecule has 2 unspecified atom stereocenters. The highest BCUT2D eigenvalue weighted by atomic mass is 16.5. The number of ether oxygens (including phenoxy) is 2. The van der Waals surface area contributed by atoms with Crippen molar-refractivity contribution in [3.8, 4) is 5.75 Å². The lowest BCUT2D eigenvalue weighted by Gasteiger charge is -2.37. The quantitative estimate of drug-likeness (QED) is 0.390. The van der Waals surface area contributed by atoms with Crippen LogP contribution < -0.4 is 4.74 Å². The van der Waals surface area contributed by atoms with Gasteiger partial charge in [0.1, 0.15) is 24.2 Å². The van der Waals surface area contributed by atoms with Crippen LogP contribution in [0.1, 0.15) is 46.0 Å². The second kappa shape index (κ2) is 9.31. The Morgan fingerprint density at radius 1 is 1.03 bits per heavy atom. The van der Waals surface area contributed by atoms with E-state index in [2.05, 4.69) is 5.16 Å². The van der Waals surface area contributed by atoms with Crippen LogP contribution >= 0.6 is 0 Å². The maximum atomic E-state index is 13.8. The minimum atomic E-state index is -0.166. The van der Waals surface area contributed by atoms with Crippen molar-refractivity contribution in [3.63, 3.8) is 0 Å². The lowest BCUT2D eigenvalue weighted by Crippen LogP contribution is -2.46. The van der Waals surface area contributed by atoms with Crippen molar-refractivity contribution in [1.29, 1.82) is 0 Å². The number of carbonyl (C=O) groups excluding carboxylic acids is 1. The van der Waals surface area contributed by atoms with Gasteiger partial charge in [-0.1, -0.05) is 59.8 Å². The molecule has 1 saturated heterocycles. The van der Waals surface area contributed by atoms with Gasteiger partial charge in [0.2, 0.25) is 0 Å². The third-order valence-electron chi connectivity index (χ3n) is 6.35. The Morgan fingerprint density at radius 3 is 2.44 bits per heavy atom. The molecule has 1 amide bonds. The van der Waals surface area contributed by atoms with Crippen molar-refractivity contribution < 1.29 is 18.8 Å². The normalized spacial score (nSPS) is 18.3. The molecule has 0 aliphatic carbocycles. The summed E-state index contributed by atoms with van der Waals surface area (Å²) in [5, 5.41) is 6.03. The van der Waals surface area contributed by atoms with Gasteiger partial charge >= 0.3 is 0 Å². The molecule has 1 aromatic heterocycles. The van der Waals surface area contributed by atoms with Crippen LogP contribution in [-0.4, -0.2) is 35.2 Å². The van der Waals surface area contributed by atoms with Gasteiger partial charge < -0.3 is 18.9 Å². The van der Waals surface area contributed by atoms with E-state index in [9.17, 15) is 4.79 Å². The van der Waals surface area contributed by atoms with E-state index in [1.54, 1.807) is 0 Å². The number of hydrogen-bond acceptors (Lipinski definition) is 5. The van der Waals surface area contributed by atoms with Gasteiger partial charge in [-0.3, -0.25) is 4.79 Å². The molecule has 6 heteroatoms.